The van der Waals surface area contributed by atoms with Gasteiger partial charge in [-0.3, -0.25) is 14.4 Å². The number of rotatable bonds is 5. The normalized spacial score (nSPS) is 26.0. The van der Waals surface area contributed by atoms with E-state index in [0.717, 1.165) is 4.90 Å². The molecule has 3 N–H and O–H groups in total. The van der Waals surface area contributed by atoms with Gasteiger partial charge in [-0.05, 0) is 33.1 Å². The second-order valence-electron chi connectivity index (χ2n) is 7.32. The van der Waals surface area contributed by atoms with E-state index in [2.05, 4.69) is 5.32 Å². The van der Waals surface area contributed by atoms with Crippen LogP contribution in [0.25, 0.3) is 0 Å². The Hall–Kier alpha value is -2.32. The monoisotopic (exact) mass is 358 g/mol. The summed E-state index contributed by atoms with van der Waals surface area (Å²) in [5, 5.41) is 21.5. The number of carboxylic acid groups (broad SMARTS) is 2. The molecule has 0 aromatic rings. The first-order chi connectivity index (χ1) is 11.3. The Morgan fingerprint density at radius 1 is 1.16 bits per heavy atom. The molecule has 0 aliphatic heterocycles. The van der Waals surface area contributed by atoms with Crippen molar-refractivity contribution in [3.63, 3.8) is 0 Å². The summed E-state index contributed by atoms with van der Waals surface area (Å²) in [5.74, 6) is -5.79. The topological polar surface area (TPSA) is 133 Å². The van der Waals surface area contributed by atoms with Crippen molar-refractivity contribution in [2.24, 2.45) is 17.8 Å². The molecule has 0 bridgehead atoms. The number of hydrogen-bond acceptors (Lipinski definition) is 5. The second-order valence-corrected chi connectivity index (χ2v) is 7.32. The third-order valence-corrected chi connectivity index (χ3v) is 4.19. The van der Waals surface area contributed by atoms with Gasteiger partial charge in [-0.15, -0.1) is 0 Å². The third kappa shape index (κ3) is 5.33. The van der Waals surface area contributed by atoms with Crippen LogP contribution in [0.3, 0.4) is 0 Å². The van der Waals surface area contributed by atoms with Crippen LogP contribution in [0.5, 0.6) is 0 Å². The van der Waals surface area contributed by atoms with E-state index >= 15 is 0 Å². The maximum Gasteiger partial charge on any atom is 0.410 e. The number of ether oxygens (including phenoxy) is 1. The van der Waals surface area contributed by atoms with Crippen molar-refractivity contribution < 1.29 is 34.1 Å². The highest BCUT2D eigenvalue weighted by atomic mass is 16.6. The summed E-state index contributed by atoms with van der Waals surface area (Å²) in [4.78, 5) is 47.8. The molecule has 4 unspecified atom stereocenters. The van der Waals surface area contributed by atoms with Gasteiger partial charge in [0, 0.05) is 20.5 Å². The van der Waals surface area contributed by atoms with Gasteiger partial charge in [-0.25, -0.2) is 4.79 Å². The van der Waals surface area contributed by atoms with E-state index in [1.165, 1.54) is 14.0 Å². The van der Waals surface area contributed by atoms with Crippen LogP contribution < -0.4 is 5.32 Å². The Morgan fingerprint density at radius 3 is 2.12 bits per heavy atom. The summed E-state index contributed by atoms with van der Waals surface area (Å²) in [6.07, 6.45) is -0.688. The Labute approximate surface area is 146 Å². The number of carbonyl (C=O) groups excluding carboxylic acids is 2. The fourth-order valence-electron chi connectivity index (χ4n) is 3.21. The average Bonchev–Trinajstić information content (AvgIpc) is 2.82. The van der Waals surface area contributed by atoms with Crippen molar-refractivity contribution in [1.29, 1.82) is 0 Å². The minimum atomic E-state index is -1.29. The molecule has 2 amide bonds. The van der Waals surface area contributed by atoms with E-state index in [0.29, 0.717) is 0 Å². The van der Waals surface area contributed by atoms with Crippen LogP contribution in [0.15, 0.2) is 0 Å². The number of carboxylic acids is 2. The standard InChI is InChI=1S/C16H26N2O7/c1-8(19)17-7-9-6-10(13(20)21)11(14(22)23)12(9)18(5)15(24)25-16(2,3)4/h9-12H,6-7H2,1-5H3,(H,17,19)(H,20,21)(H,22,23). The number of nitrogens with one attached hydrogen (secondary N) is 1. The zero-order valence-corrected chi connectivity index (χ0v) is 15.1. The maximum atomic E-state index is 12.4. The molecule has 1 rings (SSSR count). The molecule has 25 heavy (non-hydrogen) atoms. The average molecular weight is 358 g/mol. The lowest BCUT2D eigenvalue weighted by molar-refractivity contribution is -0.153. The molecule has 1 aliphatic carbocycles. The quantitative estimate of drug-likeness (QED) is 0.661. The van der Waals surface area contributed by atoms with Crippen molar-refractivity contribution in [2.45, 2.75) is 45.8 Å². The predicted octanol–water partition coefficient (Wildman–Crippen LogP) is 0.780. The smallest absolute Gasteiger partial charge is 0.410 e. The highest BCUT2D eigenvalue weighted by Gasteiger charge is 2.53. The van der Waals surface area contributed by atoms with Gasteiger partial charge in [0.2, 0.25) is 5.91 Å². The molecule has 0 aromatic heterocycles. The van der Waals surface area contributed by atoms with E-state index in [4.69, 9.17) is 4.74 Å². The van der Waals surface area contributed by atoms with Gasteiger partial charge < -0.3 is 25.2 Å². The first kappa shape index (κ1) is 20.7. The molecule has 0 heterocycles. The lowest BCUT2D eigenvalue weighted by Crippen LogP contribution is -2.50. The number of hydrogen-bond donors (Lipinski definition) is 3. The minimum Gasteiger partial charge on any atom is -0.481 e. The summed E-state index contributed by atoms with van der Waals surface area (Å²) in [6.45, 7) is 6.43. The third-order valence-electron chi connectivity index (χ3n) is 4.19. The molecule has 1 fully saturated rings. The molecule has 4 atom stereocenters. The van der Waals surface area contributed by atoms with Crippen LogP contribution in [0.4, 0.5) is 4.79 Å². The summed E-state index contributed by atoms with van der Waals surface area (Å²) in [7, 11) is 1.39. The highest BCUT2D eigenvalue weighted by Crippen LogP contribution is 2.40. The minimum absolute atomic E-state index is 0.0460. The second kappa shape index (κ2) is 7.71. The van der Waals surface area contributed by atoms with Gasteiger partial charge in [0.1, 0.15) is 5.60 Å². The molecule has 0 radical (unpaired) electrons. The molecular formula is C16H26N2O7. The van der Waals surface area contributed by atoms with Gasteiger partial charge >= 0.3 is 18.0 Å². The zero-order valence-electron chi connectivity index (χ0n) is 15.1. The molecule has 142 valence electrons. The van der Waals surface area contributed by atoms with Crippen LogP contribution >= 0.6 is 0 Å². The molecule has 9 heteroatoms. The Bertz CT molecular complexity index is 555. The first-order valence-corrected chi connectivity index (χ1v) is 8.01. The van der Waals surface area contributed by atoms with E-state index in [9.17, 15) is 29.4 Å². The van der Waals surface area contributed by atoms with Crippen molar-refractivity contribution in [3.8, 4) is 0 Å². The fraction of sp³-hybridized carbons (Fsp3) is 0.750. The van der Waals surface area contributed by atoms with Crippen LogP contribution in [-0.2, 0) is 19.1 Å². The number of nitrogens with zero attached hydrogens (tertiary/aromatic N) is 1. The van der Waals surface area contributed by atoms with E-state index in [1.807, 2.05) is 0 Å². The molecular weight excluding hydrogens is 332 g/mol. The number of carbonyl (C=O) groups is 4. The summed E-state index contributed by atoms with van der Waals surface area (Å²) in [6, 6.07) is -0.903. The van der Waals surface area contributed by atoms with E-state index in [-0.39, 0.29) is 18.9 Å². The van der Waals surface area contributed by atoms with E-state index < -0.39 is 47.4 Å². The Balaban J connectivity index is 3.14. The summed E-state index contributed by atoms with van der Waals surface area (Å²) in [5.41, 5.74) is -0.776. The SMILES string of the molecule is CC(=O)NCC1CC(C(=O)O)C(C(=O)O)C1N(C)C(=O)OC(C)(C)C. The molecule has 9 nitrogen and oxygen atoms in total. The maximum absolute atomic E-state index is 12.4. The van der Waals surface area contributed by atoms with Crippen LogP contribution in [0.2, 0.25) is 0 Å². The van der Waals surface area contributed by atoms with Crippen molar-refractivity contribution in [3.05, 3.63) is 0 Å². The van der Waals surface area contributed by atoms with Crippen LogP contribution in [0.1, 0.15) is 34.1 Å². The number of aliphatic carboxylic acids is 2. The molecule has 1 saturated carbocycles. The van der Waals surface area contributed by atoms with Crippen LogP contribution in [0, 0.1) is 17.8 Å². The van der Waals surface area contributed by atoms with Gasteiger partial charge in [0.25, 0.3) is 0 Å². The lowest BCUT2D eigenvalue weighted by atomic mass is 9.92. The molecule has 0 aromatic carbocycles. The molecule has 0 spiro atoms. The fourth-order valence-corrected chi connectivity index (χ4v) is 3.21. The highest BCUT2D eigenvalue weighted by molar-refractivity contribution is 5.82. The predicted molar refractivity (Wildman–Crippen MR) is 86.8 cm³/mol. The summed E-state index contributed by atoms with van der Waals surface area (Å²) < 4.78 is 5.27. The molecule has 1 aliphatic rings. The van der Waals surface area contributed by atoms with Gasteiger partial charge in [0.05, 0.1) is 17.9 Å². The van der Waals surface area contributed by atoms with Crippen molar-refractivity contribution >= 4 is 23.9 Å². The van der Waals surface area contributed by atoms with Crippen molar-refractivity contribution in [1.82, 2.24) is 10.2 Å². The zero-order chi connectivity index (χ0) is 19.5. The lowest BCUT2D eigenvalue weighted by Gasteiger charge is -2.34. The largest absolute Gasteiger partial charge is 0.481 e. The van der Waals surface area contributed by atoms with Gasteiger partial charge in [-0.2, -0.15) is 0 Å². The van der Waals surface area contributed by atoms with Gasteiger partial charge in [0.15, 0.2) is 0 Å². The van der Waals surface area contributed by atoms with Crippen LogP contribution in [-0.4, -0.2) is 64.3 Å². The Morgan fingerprint density at radius 2 is 1.72 bits per heavy atom. The summed E-state index contributed by atoms with van der Waals surface area (Å²) >= 11 is 0. The van der Waals surface area contributed by atoms with Crippen molar-refractivity contribution in [2.75, 3.05) is 13.6 Å². The Kier molecular flexibility index (Phi) is 6.39. The number of amides is 2. The first-order valence-electron chi connectivity index (χ1n) is 8.01. The molecule has 0 saturated heterocycles. The van der Waals surface area contributed by atoms with E-state index in [1.54, 1.807) is 20.8 Å². The van der Waals surface area contributed by atoms with Gasteiger partial charge in [-0.1, -0.05) is 0 Å².